The average molecular weight is 490 g/mol. The minimum Gasteiger partial charge on any atom is -0.402 e. The smallest absolute Gasteiger partial charge is 0.232 e. The molecule has 3 rings (SSSR count). The summed E-state index contributed by atoms with van der Waals surface area (Å²) in [4.78, 5) is 24.5. The first-order valence-electron chi connectivity index (χ1n) is 10.4. The number of halogens is 2. The van der Waals surface area contributed by atoms with Crippen LogP contribution in [0.5, 0.6) is 0 Å². The van der Waals surface area contributed by atoms with Crippen molar-refractivity contribution < 1.29 is 22.0 Å². The summed E-state index contributed by atoms with van der Waals surface area (Å²) in [5.74, 6) is -3.63. The van der Waals surface area contributed by atoms with E-state index < -0.39 is 38.7 Å². The Morgan fingerprint density at radius 1 is 1.26 bits per heavy atom. The zero-order valence-electron chi connectivity index (χ0n) is 19.2. The second-order valence-corrected chi connectivity index (χ2v) is 9.57. The van der Waals surface area contributed by atoms with Crippen molar-refractivity contribution in [3.63, 3.8) is 0 Å². The first kappa shape index (κ1) is 25.0. The minimum atomic E-state index is -3.85. The number of aromatic amines is 1. The van der Waals surface area contributed by atoms with Crippen molar-refractivity contribution in [2.45, 2.75) is 27.2 Å². The third-order valence-corrected chi connectivity index (χ3v) is 6.69. The molecule has 0 spiro atoms. The van der Waals surface area contributed by atoms with Gasteiger partial charge in [0.25, 0.3) is 0 Å². The van der Waals surface area contributed by atoms with Crippen LogP contribution >= 0.6 is 0 Å². The highest BCUT2D eigenvalue weighted by Crippen LogP contribution is 2.29. The Morgan fingerprint density at radius 3 is 2.59 bits per heavy atom. The maximum absolute atomic E-state index is 15.2. The monoisotopic (exact) mass is 489 g/mol. The van der Waals surface area contributed by atoms with Crippen molar-refractivity contribution >= 4 is 43.8 Å². The molecular weight excluding hydrogens is 464 g/mol. The first-order chi connectivity index (χ1) is 16.0. The molecule has 0 atom stereocenters. The molecular formula is C23H25F2N5O3S. The van der Waals surface area contributed by atoms with Gasteiger partial charge in [-0.1, -0.05) is 6.92 Å². The number of nitrogens with two attached hydrogens (primary N) is 1. The molecule has 11 heteroatoms. The van der Waals surface area contributed by atoms with E-state index in [9.17, 15) is 17.6 Å². The predicted octanol–water partition coefficient (Wildman–Crippen LogP) is 4.00. The third-order valence-electron chi connectivity index (χ3n) is 5.21. The summed E-state index contributed by atoms with van der Waals surface area (Å²) >= 11 is 0. The molecule has 180 valence electrons. The van der Waals surface area contributed by atoms with Crippen LogP contribution in [-0.4, -0.2) is 42.7 Å². The summed E-state index contributed by atoms with van der Waals surface area (Å²) in [5, 5.41) is 0.320. The third kappa shape index (κ3) is 4.84. The summed E-state index contributed by atoms with van der Waals surface area (Å²) in [6, 6.07) is 3.42. The molecule has 0 bridgehead atoms. The maximum Gasteiger partial charge on any atom is 0.232 e. The van der Waals surface area contributed by atoms with Gasteiger partial charge in [0.1, 0.15) is 11.5 Å². The van der Waals surface area contributed by atoms with E-state index in [0.29, 0.717) is 40.0 Å². The lowest BCUT2D eigenvalue weighted by molar-refractivity contribution is 0.103. The van der Waals surface area contributed by atoms with Crippen molar-refractivity contribution in [2.75, 3.05) is 17.5 Å². The second-order valence-electron chi connectivity index (χ2n) is 7.72. The van der Waals surface area contributed by atoms with E-state index in [1.165, 1.54) is 6.20 Å². The lowest BCUT2D eigenvalue weighted by Crippen LogP contribution is -2.18. The van der Waals surface area contributed by atoms with Gasteiger partial charge >= 0.3 is 0 Å². The number of sulfonamides is 1. The van der Waals surface area contributed by atoms with Gasteiger partial charge in [-0.05, 0) is 38.5 Å². The largest absolute Gasteiger partial charge is 0.402 e. The van der Waals surface area contributed by atoms with Crippen molar-refractivity contribution in [1.82, 2.24) is 9.97 Å². The Hall–Kier alpha value is -3.60. The summed E-state index contributed by atoms with van der Waals surface area (Å²) in [6.45, 7) is 5.12. The Bertz CT molecular complexity index is 1440. The van der Waals surface area contributed by atoms with Gasteiger partial charge in [0.2, 0.25) is 15.8 Å². The molecule has 2 aromatic heterocycles. The Balaban J connectivity index is 2.14. The van der Waals surface area contributed by atoms with Crippen LogP contribution in [-0.2, 0) is 10.0 Å². The molecule has 0 aliphatic carbocycles. The van der Waals surface area contributed by atoms with Crippen molar-refractivity contribution in [3.8, 4) is 0 Å². The van der Waals surface area contributed by atoms with Crippen LogP contribution in [0.4, 0.5) is 14.5 Å². The van der Waals surface area contributed by atoms with Crippen LogP contribution in [0.25, 0.3) is 16.6 Å². The molecule has 0 saturated carbocycles. The summed E-state index contributed by atoms with van der Waals surface area (Å²) in [5.41, 5.74) is 7.27. The van der Waals surface area contributed by atoms with Gasteiger partial charge in [-0.25, -0.2) is 22.2 Å². The van der Waals surface area contributed by atoms with E-state index in [1.807, 2.05) is 0 Å². The van der Waals surface area contributed by atoms with Crippen molar-refractivity contribution in [1.29, 1.82) is 0 Å². The Labute approximate surface area is 196 Å². The van der Waals surface area contributed by atoms with Crippen LogP contribution in [0.2, 0.25) is 0 Å². The summed E-state index contributed by atoms with van der Waals surface area (Å²) < 4.78 is 56.0. The van der Waals surface area contributed by atoms with Gasteiger partial charge < -0.3 is 10.7 Å². The molecule has 3 aromatic rings. The zero-order valence-corrected chi connectivity index (χ0v) is 20.0. The molecule has 2 heterocycles. The number of allylic oxidation sites excluding steroid dienone is 2. The van der Waals surface area contributed by atoms with Gasteiger partial charge in [0, 0.05) is 52.9 Å². The number of carbonyl (C=O) groups excluding carboxylic acids is 1. The standard InChI is InChI=1S/C23H25F2N5O3S/c1-5-8-34(32,33)30-18-7-6-17(24)20(21(18)25)22(31)16-11-29-23-15(16)9-14(10-28-23)19(12(2)26)13(3)27-4/h6-7,9-11,30H,5,8,26H2,1-4H3,(H,28,29). The number of rotatable bonds is 8. The molecule has 1 aromatic carbocycles. The van der Waals surface area contributed by atoms with Crippen LogP contribution in [0.3, 0.4) is 0 Å². The van der Waals surface area contributed by atoms with Crippen molar-refractivity contribution in [3.05, 3.63) is 64.6 Å². The summed E-state index contributed by atoms with van der Waals surface area (Å²) in [7, 11) is -2.24. The normalized spacial score (nSPS) is 13.2. The van der Waals surface area contributed by atoms with Crippen LogP contribution in [0, 0.1) is 11.6 Å². The highest BCUT2D eigenvalue weighted by molar-refractivity contribution is 7.92. The lowest BCUT2D eigenvalue weighted by Gasteiger charge is -2.12. The molecule has 0 aliphatic heterocycles. The maximum atomic E-state index is 15.2. The lowest BCUT2D eigenvalue weighted by atomic mass is 9.97. The topological polar surface area (TPSA) is 130 Å². The number of hydrogen-bond donors (Lipinski definition) is 3. The molecule has 8 nitrogen and oxygen atoms in total. The Morgan fingerprint density at radius 2 is 1.97 bits per heavy atom. The van der Waals surface area contributed by atoms with Gasteiger partial charge in [0.15, 0.2) is 5.82 Å². The highest BCUT2D eigenvalue weighted by atomic mass is 32.2. The van der Waals surface area contributed by atoms with E-state index in [-0.39, 0.29) is 11.3 Å². The van der Waals surface area contributed by atoms with E-state index >= 15 is 4.39 Å². The number of ketones is 1. The minimum absolute atomic E-state index is 0.0316. The molecule has 0 amide bonds. The fourth-order valence-corrected chi connectivity index (χ4v) is 4.76. The van der Waals surface area contributed by atoms with E-state index in [1.54, 1.807) is 40.1 Å². The number of fused-ring (bicyclic) bond motifs is 1. The van der Waals surface area contributed by atoms with Gasteiger partial charge in [0.05, 0.1) is 17.0 Å². The van der Waals surface area contributed by atoms with E-state index in [2.05, 4.69) is 19.7 Å². The number of benzene rings is 1. The van der Waals surface area contributed by atoms with Gasteiger partial charge in [-0.3, -0.25) is 14.5 Å². The number of carbonyl (C=O) groups is 1. The Kier molecular flexibility index (Phi) is 7.15. The van der Waals surface area contributed by atoms with Crippen LogP contribution in [0.15, 0.2) is 41.3 Å². The fraction of sp³-hybridized carbons (Fsp3) is 0.261. The summed E-state index contributed by atoms with van der Waals surface area (Å²) in [6.07, 6.45) is 3.16. The number of pyridine rings is 1. The molecule has 0 saturated heterocycles. The predicted molar refractivity (Wildman–Crippen MR) is 129 cm³/mol. The highest BCUT2D eigenvalue weighted by Gasteiger charge is 2.26. The first-order valence-corrected chi connectivity index (χ1v) is 12.1. The van der Waals surface area contributed by atoms with Crippen LogP contribution in [0.1, 0.15) is 48.7 Å². The SMILES string of the molecule is CCCS(=O)(=O)Nc1ccc(F)c(C(=O)c2c[nH]c3ncc(C(C(C)=NC)=C(C)N)cc23)c1F. The molecule has 0 radical (unpaired) electrons. The number of H-pyrrole nitrogens is 1. The zero-order chi connectivity index (χ0) is 25.2. The molecule has 34 heavy (non-hydrogen) atoms. The molecule has 0 unspecified atom stereocenters. The molecule has 0 aliphatic rings. The van der Waals surface area contributed by atoms with E-state index in [4.69, 9.17) is 5.73 Å². The van der Waals surface area contributed by atoms with Gasteiger partial charge in [-0.2, -0.15) is 0 Å². The number of aliphatic imine (C=N–C) groups is 1. The van der Waals surface area contributed by atoms with Crippen LogP contribution < -0.4 is 10.5 Å². The quantitative estimate of drug-likeness (QED) is 0.325. The number of nitrogens with one attached hydrogen (secondary N) is 2. The number of anilines is 1. The second kappa shape index (κ2) is 9.72. The number of nitrogens with zero attached hydrogens (tertiary/aromatic N) is 2. The van der Waals surface area contributed by atoms with Crippen molar-refractivity contribution in [2.24, 2.45) is 10.7 Å². The molecule has 4 N–H and O–H groups in total. The fourth-order valence-electron chi connectivity index (χ4n) is 3.62. The number of hydrogen-bond acceptors (Lipinski definition) is 6. The van der Waals surface area contributed by atoms with E-state index in [0.717, 1.165) is 12.1 Å². The average Bonchev–Trinajstić information content (AvgIpc) is 3.18. The molecule has 0 fully saturated rings. The number of aromatic nitrogens is 2. The van der Waals surface area contributed by atoms with Gasteiger partial charge in [-0.15, -0.1) is 0 Å².